The fraction of sp³-hybridized carbons (Fsp3) is 0.0625. The van der Waals surface area contributed by atoms with Crippen LogP contribution in [0.1, 0.15) is 5.56 Å². The number of rotatable bonds is 2. The molecule has 2 aromatic carbocycles. The third kappa shape index (κ3) is 2.82. The summed E-state index contributed by atoms with van der Waals surface area (Å²) in [6, 6.07) is 17.0. The fourth-order valence-corrected chi connectivity index (χ4v) is 3.04. The molecule has 0 bridgehead atoms. The Morgan fingerprint density at radius 2 is 1.79 bits per heavy atom. The van der Waals surface area contributed by atoms with Gasteiger partial charge in [0.1, 0.15) is 5.03 Å². The van der Waals surface area contributed by atoms with E-state index in [1.807, 2.05) is 6.20 Å². The third-order valence-electron chi connectivity index (χ3n) is 2.97. The van der Waals surface area contributed by atoms with Crippen molar-refractivity contribution in [3.63, 3.8) is 0 Å². The highest BCUT2D eigenvalue weighted by Gasteiger charge is 2.02. The molecule has 0 aliphatic rings. The van der Waals surface area contributed by atoms with Crippen molar-refractivity contribution in [3.05, 3.63) is 64.8 Å². The van der Waals surface area contributed by atoms with Crippen LogP contribution in [0.5, 0.6) is 0 Å². The van der Waals surface area contributed by atoms with Crippen LogP contribution in [0.3, 0.4) is 0 Å². The van der Waals surface area contributed by atoms with Crippen molar-refractivity contribution >= 4 is 38.5 Å². The van der Waals surface area contributed by atoms with Crippen LogP contribution in [-0.4, -0.2) is 4.98 Å². The van der Waals surface area contributed by atoms with Crippen LogP contribution in [-0.2, 0) is 0 Å². The lowest BCUT2D eigenvalue weighted by atomic mass is 10.1. The summed E-state index contributed by atoms with van der Waals surface area (Å²) in [6.07, 6.45) is 1.86. The second-order valence-electron chi connectivity index (χ2n) is 4.38. The topological polar surface area (TPSA) is 12.9 Å². The number of pyridine rings is 1. The van der Waals surface area contributed by atoms with E-state index in [9.17, 15) is 0 Å². The van der Waals surface area contributed by atoms with Gasteiger partial charge in [-0.25, -0.2) is 4.98 Å². The normalized spacial score (nSPS) is 10.8. The first-order valence-corrected chi connectivity index (χ1v) is 7.62. The number of hydrogen-bond donors (Lipinski definition) is 0. The molecule has 0 amide bonds. The summed E-state index contributed by atoms with van der Waals surface area (Å²) in [6.45, 7) is 2.08. The first kappa shape index (κ1) is 12.7. The lowest BCUT2D eigenvalue weighted by Gasteiger charge is -2.05. The van der Waals surface area contributed by atoms with Crippen molar-refractivity contribution in [1.29, 1.82) is 0 Å². The average molecular weight is 330 g/mol. The van der Waals surface area contributed by atoms with E-state index >= 15 is 0 Å². The molecule has 94 valence electrons. The Balaban J connectivity index is 1.94. The first-order valence-electron chi connectivity index (χ1n) is 6.01. The zero-order valence-corrected chi connectivity index (χ0v) is 12.8. The molecule has 0 N–H and O–H groups in total. The Kier molecular flexibility index (Phi) is 3.58. The van der Waals surface area contributed by atoms with Crippen LogP contribution in [0.25, 0.3) is 10.8 Å². The summed E-state index contributed by atoms with van der Waals surface area (Å²) >= 11 is 5.17. The number of halogens is 1. The molecule has 0 fully saturated rings. The maximum Gasteiger partial charge on any atom is 0.101 e. The summed E-state index contributed by atoms with van der Waals surface area (Å²) in [7, 11) is 0. The summed E-state index contributed by atoms with van der Waals surface area (Å²) in [5, 5.41) is 3.56. The predicted molar refractivity (Wildman–Crippen MR) is 84.7 cm³/mol. The van der Waals surface area contributed by atoms with Gasteiger partial charge in [0.05, 0.1) is 0 Å². The van der Waals surface area contributed by atoms with Gasteiger partial charge in [0.2, 0.25) is 0 Å². The molecule has 0 radical (unpaired) electrons. The van der Waals surface area contributed by atoms with E-state index in [-0.39, 0.29) is 0 Å². The Morgan fingerprint density at radius 1 is 1.00 bits per heavy atom. The number of nitrogens with zero attached hydrogens (tertiary/aromatic N) is 1. The largest absolute Gasteiger partial charge is 0.248 e. The van der Waals surface area contributed by atoms with Crippen molar-refractivity contribution in [3.8, 4) is 0 Å². The Labute approximate surface area is 125 Å². The van der Waals surface area contributed by atoms with Gasteiger partial charge in [0.25, 0.3) is 0 Å². The summed E-state index contributed by atoms with van der Waals surface area (Å²) < 4.78 is 1.05. The number of hydrogen-bond acceptors (Lipinski definition) is 2. The van der Waals surface area contributed by atoms with Gasteiger partial charge < -0.3 is 0 Å². The second kappa shape index (κ2) is 5.35. The molecule has 0 aliphatic carbocycles. The summed E-state index contributed by atoms with van der Waals surface area (Å²) in [5.74, 6) is 0. The van der Waals surface area contributed by atoms with Gasteiger partial charge in [-0.15, -0.1) is 0 Å². The van der Waals surface area contributed by atoms with Crippen LogP contribution in [0.2, 0.25) is 0 Å². The van der Waals surface area contributed by atoms with E-state index in [0.29, 0.717) is 0 Å². The Hall–Kier alpha value is -1.32. The summed E-state index contributed by atoms with van der Waals surface area (Å²) in [5.41, 5.74) is 1.21. The van der Waals surface area contributed by atoms with Crippen LogP contribution in [0, 0.1) is 6.92 Å². The maximum absolute atomic E-state index is 4.43. The van der Waals surface area contributed by atoms with E-state index < -0.39 is 0 Å². The van der Waals surface area contributed by atoms with Gasteiger partial charge >= 0.3 is 0 Å². The molecule has 0 saturated heterocycles. The zero-order chi connectivity index (χ0) is 13.2. The standard InChI is InChI=1S/C16H12BrNS/c1-11-8-16(18-10-15(11)17)19-14-7-6-12-4-2-3-5-13(12)9-14/h2-10H,1H3. The molecule has 3 heteroatoms. The molecular weight excluding hydrogens is 318 g/mol. The second-order valence-corrected chi connectivity index (χ2v) is 6.33. The first-order chi connectivity index (χ1) is 9.22. The average Bonchev–Trinajstić information content (AvgIpc) is 2.43. The predicted octanol–water partition coefficient (Wildman–Crippen LogP) is 5.46. The molecule has 1 heterocycles. The smallest absolute Gasteiger partial charge is 0.101 e. The molecule has 3 aromatic rings. The van der Waals surface area contributed by atoms with Crippen LogP contribution >= 0.6 is 27.7 Å². The van der Waals surface area contributed by atoms with E-state index in [1.54, 1.807) is 11.8 Å². The van der Waals surface area contributed by atoms with Gasteiger partial charge in [0, 0.05) is 15.6 Å². The highest BCUT2D eigenvalue weighted by atomic mass is 79.9. The molecular formula is C16H12BrNS. The Bertz CT molecular complexity index is 740. The van der Waals surface area contributed by atoms with Crippen LogP contribution in [0.4, 0.5) is 0 Å². The number of aromatic nitrogens is 1. The summed E-state index contributed by atoms with van der Waals surface area (Å²) in [4.78, 5) is 5.65. The molecule has 0 aliphatic heterocycles. The fourth-order valence-electron chi connectivity index (χ4n) is 1.92. The SMILES string of the molecule is Cc1cc(Sc2ccc3ccccc3c2)ncc1Br. The van der Waals surface area contributed by atoms with Crippen LogP contribution < -0.4 is 0 Å². The number of fused-ring (bicyclic) bond motifs is 1. The third-order valence-corrected chi connectivity index (χ3v) is 4.72. The van der Waals surface area contributed by atoms with Crippen molar-refractivity contribution in [1.82, 2.24) is 4.98 Å². The number of benzene rings is 2. The van der Waals surface area contributed by atoms with Crippen molar-refractivity contribution in [2.24, 2.45) is 0 Å². The van der Waals surface area contributed by atoms with Gasteiger partial charge in [-0.05, 0) is 57.4 Å². The molecule has 1 aromatic heterocycles. The molecule has 3 rings (SSSR count). The molecule has 19 heavy (non-hydrogen) atoms. The van der Waals surface area contributed by atoms with Crippen LogP contribution in [0.15, 0.2) is 69.1 Å². The minimum absolute atomic E-state index is 1.02. The maximum atomic E-state index is 4.43. The molecule has 0 spiro atoms. The van der Waals surface area contributed by atoms with Gasteiger partial charge in [-0.3, -0.25) is 0 Å². The monoisotopic (exact) mass is 329 g/mol. The molecule has 0 atom stereocenters. The highest BCUT2D eigenvalue weighted by Crippen LogP contribution is 2.30. The van der Waals surface area contributed by atoms with Crippen molar-refractivity contribution < 1.29 is 0 Å². The lowest BCUT2D eigenvalue weighted by molar-refractivity contribution is 1.10. The molecule has 0 unspecified atom stereocenters. The molecule has 1 nitrogen and oxygen atoms in total. The minimum Gasteiger partial charge on any atom is -0.248 e. The molecule has 0 saturated carbocycles. The van der Waals surface area contributed by atoms with Gasteiger partial charge in [0.15, 0.2) is 0 Å². The van der Waals surface area contributed by atoms with Crippen molar-refractivity contribution in [2.75, 3.05) is 0 Å². The van der Waals surface area contributed by atoms with Crippen molar-refractivity contribution in [2.45, 2.75) is 16.8 Å². The van der Waals surface area contributed by atoms with Gasteiger partial charge in [-0.2, -0.15) is 0 Å². The van der Waals surface area contributed by atoms with E-state index in [2.05, 4.69) is 76.4 Å². The van der Waals surface area contributed by atoms with Gasteiger partial charge in [-0.1, -0.05) is 42.1 Å². The Morgan fingerprint density at radius 3 is 2.58 bits per heavy atom. The van der Waals surface area contributed by atoms with E-state index in [0.717, 1.165) is 9.50 Å². The minimum atomic E-state index is 1.02. The lowest BCUT2D eigenvalue weighted by Crippen LogP contribution is -1.83. The van der Waals surface area contributed by atoms with E-state index in [1.165, 1.54) is 21.2 Å². The number of aryl methyl sites for hydroxylation is 1. The highest BCUT2D eigenvalue weighted by molar-refractivity contribution is 9.10. The van der Waals surface area contributed by atoms with E-state index in [4.69, 9.17) is 0 Å². The zero-order valence-electron chi connectivity index (χ0n) is 10.4. The quantitative estimate of drug-likeness (QED) is 0.619.